The first kappa shape index (κ1) is 21.1. The molecular weight excluding hydrogens is 439 g/mol. The van der Waals surface area contributed by atoms with Gasteiger partial charge in [-0.2, -0.15) is 0 Å². The Labute approximate surface area is 187 Å². The van der Waals surface area contributed by atoms with E-state index >= 15 is 0 Å². The Balaban J connectivity index is 1.63. The lowest BCUT2D eigenvalue weighted by Gasteiger charge is -2.14. The molecule has 0 spiro atoms. The Morgan fingerprint density at radius 3 is 2.65 bits per heavy atom. The number of aromatic nitrogens is 3. The third kappa shape index (κ3) is 4.50. The molecule has 1 amide bonds. The number of carbonyl (C=O) groups excluding carboxylic acids is 1. The third-order valence-electron chi connectivity index (χ3n) is 4.59. The first-order valence-corrected chi connectivity index (χ1v) is 10.7. The zero-order chi connectivity index (χ0) is 22.0. The fourth-order valence-electron chi connectivity index (χ4n) is 2.98. The Morgan fingerprint density at radius 2 is 1.97 bits per heavy atom. The molecule has 31 heavy (non-hydrogen) atoms. The summed E-state index contributed by atoms with van der Waals surface area (Å²) < 4.78 is 21.3. The van der Waals surface area contributed by atoms with Crippen molar-refractivity contribution in [2.75, 3.05) is 5.32 Å². The van der Waals surface area contributed by atoms with Gasteiger partial charge in [-0.3, -0.25) is 9.36 Å². The molecule has 0 saturated heterocycles. The van der Waals surface area contributed by atoms with Gasteiger partial charge in [0.2, 0.25) is 5.91 Å². The number of furan rings is 1. The SMILES string of the molecule is Cc1occc1-c1nnc(S[C@H](C)C(=O)Nc2ccc(Cl)cc2F)n1-c1ccccc1. The summed E-state index contributed by atoms with van der Waals surface area (Å²) in [5.41, 5.74) is 1.73. The lowest BCUT2D eigenvalue weighted by molar-refractivity contribution is -0.115. The van der Waals surface area contributed by atoms with Gasteiger partial charge < -0.3 is 9.73 Å². The molecule has 0 unspecified atom stereocenters. The fourth-order valence-corrected chi connectivity index (χ4v) is 4.01. The van der Waals surface area contributed by atoms with E-state index in [1.54, 1.807) is 13.2 Å². The Morgan fingerprint density at radius 1 is 1.19 bits per heavy atom. The monoisotopic (exact) mass is 456 g/mol. The van der Waals surface area contributed by atoms with Crippen LogP contribution in [-0.4, -0.2) is 25.9 Å². The Kier molecular flexibility index (Phi) is 6.11. The van der Waals surface area contributed by atoms with Gasteiger partial charge in [-0.1, -0.05) is 41.6 Å². The van der Waals surface area contributed by atoms with E-state index < -0.39 is 11.1 Å². The fraction of sp³-hybridized carbons (Fsp3) is 0.136. The molecule has 2 aromatic carbocycles. The number of nitrogens with zero attached hydrogens (tertiary/aromatic N) is 3. The molecule has 4 aromatic rings. The largest absolute Gasteiger partial charge is 0.469 e. The van der Waals surface area contributed by atoms with Crippen LogP contribution in [0.1, 0.15) is 12.7 Å². The summed E-state index contributed by atoms with van der Waals surface area (Å²) in [7, 11) is 0. The highest BCUT2D eigenvalue weighted by Crippen LogP contribution is 2.32. The summed E-state index contributed by atoms with van der Waals surface area (Å²) in [6, 6.07) is 15.5. The first-order valence-electron chi connectivity index (χ1n) is 9.42. The number of para-hydroxylation sites is 1. The predicted molar refractivity (Wildman–Crippen MR) is 119 cm³/mol. The highest BCUT2D eigenvalue weighted by atomic mass is 35.5. The highest BCUT2D eigenvalue weighted by Gasteiger charge is 2.23. The van der Waals surface area contributed by atoms with Crippen LogP contribution in [0, 0.1) is 12.7 Å². The minimum atomic E-state index is -0.594. The van der Waals surface area contributed by atoms with E-state index in [-0.39, 0.29) is 16.6 Å². The number of anilines is 1. The number of hydrogen-bond acceptors (Lipinski definition) is 5. The minimum absolute atomic E-state index is 0.0705. The summed E-state index contributed by atoms with van der Waals surface area (Å²) in [5, 5.41) is 11.5. The number of nitrogens with one attached hydrogen (secondary N) is 1. The van der Waals surface area contributed by atoms with E-state index in [0.29, 0.717) is 16.7 Å². The molecule has 2 heterocycles. The van der Waals surface area contributed by atoms with Gasteiger partial charge in [0.1, 0.15) is 11.6 Å². The van der Waals surface area contributed by atoms with Gasteiger partial charge in [-0.05, 0) is 50.2 Å². The number of halogens is 2. The molecule has 1 atom stereocenters. The second-order valence-electron chi connectivity index (χ2n) is 6.74. The zero-order valence-corrected chi connectivity index (χ0v) is 18.2. The van der Waals surface area contributed by atoms with E-state index in [1.807, 2.05) is 47.9 Å². The van der Waals surface area contributed by atoms with E-state index in [4.69, 9.17) is 16.0 Å². The molecule has 9 heteroatoms. The average molecular weight is 457 g/mol. The van der Waals surface area contributed by atoms with Crippen molar-refractivity contribution >= 4 is 35.0 Å². The van der Waals surface area contributed by atoms with E-state index in [1.165, 1.54) is 23.9 Å². The van der Waals surface area contributed by atoms with Crippen LogP contribution in [0.2, 0.25) is 5.02 Å². The van der Waals surface area contributed by atoms with Crippen LogP contribution in [0.4, 0.5) is 10.1 Å². The first-order chi connectivity index (χ1) is 14.9. The molecule has 0 aliphatic heterocycles. The van der Waals surface area contributed by atoms with Crippen LogP contribution < -0.4 is 5.32 Å². The van der Waals surface area contributed by atoms with Crippen molar-refractivity contribution in [1.82, 2.24) is 14.8 Å². The molecule has 0 bridgehead atoms. The highest BCUT2D eigenvalue weighted by molar-refractivity contribution is 8.00. The number of amides is 1. The van der Waals surface area contributed by atoms with Crippen molar-refractivity contribution in [2.24, 2.45) is 0 Å². The molecule has 4 rings (SSSR count). The second kappa shape index (κ2) is 8.95. The van der Waals surface area contributed by atoms with Crippen LogP contribution in [0.3, 0.4) is 0 Å². The van der Waals surface area contributed by atoms with Crippen molar-refractivity contribution in [2.45, 2.75) is 24.3 Å². The van der Waals surface area contributed by atoms with Crippen molar-refractivity contribution < 1.29 is 13.6 Å². The molecule has 0 saturated carbocycles. The normalized spacial score (nSPS) is 12.0. The minimum Gasteiger partial charge on any atom is -0.469 e. The van der Waals surface area contributed by atoms with Gasteiger partial charge in [0.25, 0.3) is 0 Å². The lowest BCUT2D eigenvalue weighted by atomic mass is 10.2. The standard InChI is InChI=1S/C22H18ClFN4O2S/c1-13-17(10-11-30-13)20-26-27-22(28(20)16-6-4-3-5-7-16)31-14(2)21(29)25-19-9-8-15(23)12-18(19)24/h3-12,14H,1-2H3,(H,25,29)/t14-/m1/s1. The van der Waals surface area contributed by atoms with Crippen molar-refractivity contribution in [3.05, 3.63) is 77.5 Å². The van der Waals surface area contributed by atoms with E-state index in [9.17, 15) is 9.18 Å². The van der Waals surface area contributed by atoms with Gasteiger partial charge in [0, 0.05) is 10.7 Å². The van der Waals surface area contributed by atoms with Gasteiger partial charge in [0.05, 0.1) is 22.8 Å². The summed E-state index contributed by atoms with van der Waals surface area (Å²) in [4.78, 5) is 12.7. The maximum absolute atomic E-state index is 14.0. The topological polar surface area (TPSA) is 72.9 Å². The van der Waals surface area contributed by atoms with Crippen LogP contribution in [0.5, 0.6) is 0 Å². The zero-order valence-electron chi connectivity index (χ0n) is 16.7. The maximum atomic E-state index is 14.0. The number of thioether (sulfide) groups is 1. The number of hydrogen-bond donors (Lipinski definition) is 1. The summed E-state index contributed by atoms with van der Waals surface area (Å²) >= 11 is 7.00. The Hall–Kier alpha value is -3.10. The smallest absolute Gasteiger partial charge is 0.237 e. The van der Waals surface area contributed by atoms with Crippen LogP contribution in [0.15, 0.2) is 70.4 Å². The molecule has 0 aliphatic rings. The number of benzene rings is 2. The molecule has 0 radical (unpaired) electrons. The predicted octanol–water partition coefficient (Wildman–Crippen LogP) is 5.75. The molecular formula is C22H18ClFN4O2S. The van der Waals surface area contributed by atoms with Gasteiger partial charge in [-0.15, -0.1) is 10.2 Å². The van der Waals surface area contributed by atoms with E-state index in [0.717, 1.165) is 17.3 Å². The second-order valence-corrected chi connectivity index (χ2v) is 8.49. The van der Waals surface area contributed by atoms with Crippen LogP contribution in [-0.2, 0) is 4.79 Å². The van der Waals surface area contributed by atoms with Crippen molar-refractivity contribution in [1.29, 1.82) is 0 Å². The summed E-state index contributed by atoms with van der Waals surface area (Å²) in [6.07, 6.45) is 1.60. The molecule has 2 aromatic heterocycles. The van der Waals surface area contributed by atoms with Gasteiger partial charge in [0.15, 0.2) is 11.0 Å². The maximum Gasteiger partial charge on any atom is 0.237 e. The quantitative estimate of drug-likeness (QED) is 0.374. The average Bonchev–Trinajstić information content (AvgIpc) is 3.36. The molecule has 6 nitrogen and oxygen atoms in total. The third-order valence-corrected chi connectivity index (χ3v) is 5.87. The molecule has 158 valence electrons. The van der Waals surface area contributed by atoms with Crippen LogP contribution >= 0.6 is 23.4 Å². The molecule has 0 aliphatic carbocycles. The van der Waals surface area contributed by atoms with E-state index in [2.05, 4.69) is 15.5 Å². The molecule has 0 fully saturated rings. The molecule has 1 N–H and O–H groups in total. The van der Waals surface area contributed by atoms with Crippen LogP contribution in [0.25, 0.3) is 17.1 Å². The summed E-state index contributed by atoms with van der Waals surface area (Å²) in [5.74, 6) is 0.361. The lowest BCUT2D eigenvalue weighted by Crippen LogP contribution is -2.23. The van der Waals surface area contributed by atoms with Crippen molar-refractivity contribution in [3.63, 3.8) is 0 Å². The van der Waals surface area contributed by atoms with Gasteiger partial charge in [-0.25, -0.2) is 4.39 Å². The number of aryl methyl sites for hydroxylation is 1. The summed E-state index contributed by atoms with van der Waals surface area (Å²) in [6.45, 7) is 3.57. The Bertz CT molecular complexity index is 1230. The number of rotatable bonds is 6. The van der Waals surface area contributed by atoms with Gasteiger partial charge >= 0.3 is 0 Å². The number of carbonyl (C=O) groups is 1. The van der Waals surface area contributed by atoms with Crippen molar-refractivity contribution in [3.8, 4) is 17.1 Å².